The van der Waals surface area contributed by atoms with Crippen molar-refractivity contribution in [2.24, 2.45) is 5.92 Å². The summed E-state index contributed by atoms with van der Waals surface area (Å²) in [6.45, 7) is 4.78. The van der Waals surface area contributed by atoms with Crippen molar-refractivity contribution in [1.29, 1.82) is 0 Å². The van der Waals surface area contributed by atoms with E-state index in [0.717, 1.165) is 45.6 Å². The molecule has 1 heterocycles. The lowest BCUT2D eigenvalue weighted by molar-refractivity contribution is -0.121. The number of nitrogens with one attached hydrogen (secondary N) is 1. The number of nitrogens with zero attached hydrogens (tertiary/aromatic N) is 1. The van der Waals surface area contributed by atoms with Crippen LogP contribution in [0.1, 0.15) is 36.3 Å². The molecule has 4 heteroatoms. The standard InChI is InChI=1S/C24H32N2O2/c1-28-17-16-26-14-12-20(13-15-26)19-25-24(27)18-23(21-8-4-2-5-9-21)22-10-6-3-7-11-22/h2-11,20,23H,12-19H2,1H3,(H,25,27). The molecule has 1 amide bonds. The number of piperidine rings is 1. The van der Waals surface area contributed by atoms with Gasteiger partial charge in [-0.2, -0.15) is 0 Å². The second-order valence-electron chi connectivity index (χ2n) is 7.66. The zero-order chi connectivity index (χ0) is 19.6. The predicted octanol–water partition coefficient (Wildman–Crippen LogP) is 3.68. The van der Waals surface area contributed by atoms with Gasteiger partial charge in [0.1, 0.15) is 0 Å². The smallest absolute Gasteiger partial charge is 0.220 e. The summed E-state index contributed by atoms with van der Waals surface area (Å²) in [4.78, 5) is 15.2. The topological polar surface area (TPSA) is 41.6 Å². The molecular formula is C24H32N2O2. The fourth-order valence-electron chi connectivity index (χ4n) is 3.95. The van der Waals surface area contributed by atoms with Gasteiger partial charge in [0.25, 0.3) is 0 Å². The van der Waals surface area contributed by atoms with Crippen molar-refractivity contribution >= 4 is 5.91 Å². The highest BCUT2D eigenvalue weighted by Crippen LogP contribution is 2.27. The molecule has 1 aliphatic heterocycles. The molecule has 0 radical (unpaired) electrons. The second kappa shape index (κ2) is 11.0. The zero-order valence-electron chi connectivity index (χ0n) is 16.8. The van der Waals surface area contributed by atoms with Crippen molar-refractivity contribution < 1.29 is 9.53 Å². The summed E-state index contributed by atoms with van der Waals surface area (Å²) < 4.78 is 5.16. The Morgan fingerprint density at radius 1 is 1.04 bits per heavy atom. The Morgan fingerprint density at radius 3 is 2.14 bits per heavy atom. The van der Waals surface area contributed by atoms with Gasteiger partial charge < -0.3 is 15.0 Å². The number of rotatable bonds is 9. The number of hydrogen-bond acceptors (Lipinski definition) is 3. The Bertz CT molecular complexity index is 658. The van der Waals surface area contributed by atoms with E-state index < -0.39 is 0 Å². The lowest BCUT2D eigenvalue weighted by Crippen LogP contribution is -2.40. The van der Waals surface area contributed by atoms with Gasteiger partial charge in [0.2, 0.25) is 5.91 Å². The summed E-state index contributed by atoms with van der Waals surface area (Å²) in [6.07, 6.45) is 2.77. The van der Waals surface area contributed by atoms with Crippen LogP contribution in [0.15, 0.2) is 60.7 Å². The van der Waals surface area contributed by atoms with E-state index in [1.54, 1.807) is 7.11 Å². The zero-order valence-corrected chi connectivity index (χ0v) is 16.8. The van der Waals surface area contributed by atoms with E-state index in [1.807, 2.05) is 36.4 Å². The van der Waals surface area contributed by atoms with E-state index >= 15 is 0 Å². The van der Waals surface area contributed by atoms with Crippen LogP contribution in [0.2, 0.25) is 0 Å². The minimum Gasteiger partial charge on any atom is -0.383 e. The van der Waals surface area contributed by atoms with E-state index in [9.17, 15) is 4.79 Å². The van der Waals surface area contributed by atoms with Gasteiger partial charge in [-0.05, 0) is 43.0 Å². The van der Waals surface area contributed by atoms with Gasteiger partial charge >= 0.3 is 0 Å². The number of carbonyl (C=O) groups is 1. The van der Waals surface area contributed by atoms with Crippen molar-refractivity contribution in [3.8, 4) is 0 Å². The Labute approximate surface area is 168 Å². The highest BCUT2D eigenvalue weighted by molar-refractivity contribution is 5.77. The lowest BCUT2D eigenvalue weighted by Gasteiger charge is -2.31. The first-order valence-corrected chi connectivity index (χ1v) is 10.3. The largest absolute Gasteiger partial charge is 0.383 e. The Morgan fingerprint density at radius 2 is 1.61 bits per heavy atom. The van der Waals surface area contributed by atoms with Crippen LogP contribution in [-0.4, -0.2) is 50.7 Å². The second-order valence-corrected chi connectivity index (χ2v) is 7.66. The van der Waals surface area contributed by atoms with Gasteiger partial charge in [-0.15, -0.1) is 0 Å². The number of amides is 1. The molecule has 0 spiro atoms. The fourth-order valence-corrected chi connectivity index (χ4v) is 3.95. The van der Waals surface area contributed by atoms with E-state index in [0.29, 0.717) is 12.3 Å². The summed E-state index contributed by atoms with van der Waals surface area (Å²) in [6, 6.07) is 20.7. The van der Waals surface area contributed by atoms with Crippen LogP contribution in [0, 0.1) is 5.92 Å². The Hall–Kier alpha value is -2.17. The van der Waals surface area contributed by atoms with Crippen LogP contribution in [-0.2, 0) is 9.53 Å². The van der Waals surface area contributed by atoms with E-state index in [2.05, 4.69) is 34.5 Å². The molecule has 1 N–H and O–H groups in total. The predicted molar refractivity (Wildman–Crippen MR) is 113 cm³/mol. The van der Waals surface area contributed by atoms with Gasteiger partial charge in [-0.3, -0.25) is 4.79 Å². The molecular weight excluding hydrogens is 348 g/mol. The molecule has 0 unspecified atom stereocenters. The SMILES string of the molecule is COCCN1CCC(CNC(=O)CC(c2ccccc2)c2ccccc2)CC1. The minimum absolute atomic E-state index is 0.0956. The van der Waals surface area contributed by atoms with Crippen LogP contribution in [0.5, 0.6) is 0 Å². The highest BCUT2D eigenvalue weighted by atomic mass is 16.5. The summed E-state index contributed by atoms with van der Waals surface area (Å²) in [5.41, 5.74) is 2.38. The number of benzene rings is 2. The Balaban J connectivity index is 1.51. The quantitative estimate of drug-likeness (QED) is 0.721. The first kappa shape index (κ1) is 20.6. The molecule has 1 fully saturated rings. The van der Waals surface area contributed by atoms with Crippen LogP contribution in [0.4, 0.5) is 0 Å². The molecule has 0 aliphatic carbocycles. The van der Waals surface area contributed by atoms with Gasteiger partial charge in [-0.25, -0.2) is 0 Å². The monoisotopic (exact) mass is 380 g/mol. The van der Waals surface area contributed by atoms with Crippen LogP contribution in [0.25, 0.3) is 0 Å². The first-order chi connectivity index (χ1) is 13.8. The fraction of sp³-hybridized carbons (Fsp3) is 0.458. The van der Waals surface area contributed by atoms with E-state index in [1.165, 1.54) is 11.1 Å². The molecule has 2 aromatic rings. The maximum atomic E-state index is 12.7. The number of carbonyl (C=O) groups excluding carboxylic acids is 1. The van der Waals surface area contributed by atoms with Crippen molar-refractivity contribution in [3.05, 3.63) is 71.8 Å². The van der Waals surface area contributed by atoms with Crippen molar-refractivity contribution in [3.63, 3.8) is 0 Å². The van der Waals surface area contributed by atoms with Crippen molar-refractivity contribution in [2.45, 2.75) is 25.2 Å². The number of likely N-dealkylation sites (tertiary alicyclic amines) is 1. The van der Waals surface area contributed by atoms with Gasteiger partial charge in [-0.1, -0.05) is 60.7 Å². The van der Waals surface area contributed by atoms with E-state index in [4.69, 9.17) is 4.74 Å². The highest BCUT2D eigenvalue weighted by Gasteiger charge is 2.21. The molecule has 150 valence electrons. The summed E-state index contributed by atoms with van der Waals surface area (Å²) in [5.74, 6) is 0.812. The maximum Gasteiger partial charge on any atom is 0.220 e. The van der Waals surface area contributed by atoms with Crippen molar-refractivity contribution in [1.82, 2.24) is 10.2 Å². The van der Waals surface area contributed by atoms with Gasteiger partial charge in [0, 0.05) is 32.5 Å². The molecule has 0 bridgehead atoms. The number of hydrogen-bond donors (Lipinski definition) is 1. The Kier molecular flexibility index (Phi) is 8.07. The summed E-state index contributed by atoms with van der Waals surface area (Å²) >= 11 is 0. The molecule has 0 aromatic heterocycles. The number of methoxy groups -OCH3 is 1. The molecule has 4 nitrogen and oxygen atoms in total. The molecule has 1 saturated heterocycles. The third-order valence-corrected chi connectivity index (χ3v) is 5.70. The van der Waals surface area contributed by atoms with Crippen LogP contribution in [0.3, 0.4) is 0 Å². The number of ether oxygens (including phenoxy) is 1. The van der Waals surface area contributed by atoms with E-state index in [-0.39, 0.29) is 11.8 Å². The maximum absolute atomic E-state index is 12.7. The molecule has 28 heavy (non-hydrogen) atoms. The average Bonchev–Trinajstić information content (AvgIpc) is 2.76. The third kappa shape index (κ3) is 6.18. The summed E-state index contributed by atoms with van der Waals surface area (Å²) in [5, 5.41) is 3.20. The summed E-state index contributed by atoms with van der Waals surface area (Å²) in [7, 11) is 1.75. The molecule has 0 atom stereocenters. The molecule has 1 aliphatic rings. The normalized spacial score (nSPS) is 15.6. The lowest BCUT2D eigenvalue weighted by atomic mass is 9.88. The third-order valence-electron chi connectivity index (χ3n) is 5.70. The van der Waals surface area contributed by atoms with Crippen LogP contribution >= 0.6 is 0 Å². The van der Waals surface area contributed by atoms with Crippen molar-refractivity contribution in [2.75, 3.05) is 39.9 Å². The van der Waals surface area contributed by atoms with Gasteiger partial charge in [0.15, 0.2) is 0 Å². The van der Waals surface area contributed by atoms with Gasteiger partial charge in [0.05, 0.1) is 6.61 Å². The van der Waals surface area contributed by atoms with Crippen LogP contribution < -0.4 is 5.32 Å². The first-order valence-electron chi connectivity index (χ1n) is 10.3. The molecule has 0 saturated carbocycles. The molecule has 2 aromatic carbocycles. The average molecular weight is 381 g/mol. The minimum atomic E-state index is 0.0956. The molecule has 3 rings (SSSR count).